The van der Waals surface area contributed by atoms with Crippen LogP contribution in [0, 0.1) is 6.92 Å². The molecule has 0 spiro atoms. The van der Waals surface area contributed by atoms with Crippen LogP contribution in [-0.4, -0.2) is 18.6 Å². The molecule has 0 aromatic heterocycles. The van der Waals surface area contributed by atoms with Crippen molar-refractivity contribution < 1.29 is 9.53 Å². The van der Waals surface area contributed by atoms with Crippen LogP contribution in [0.25, 0.3) is 0 Å². The first-order valence-corrected chi connectivity index (χ1v) is 8.79. The summed E-state index contributed by atoms with van der Waals surface area (Å²) in [7, 11) is 0. The fourth-order valence-electron chi connectivity index (χ4n) is 3.08. The van der Waals surface area contributed by atoms with E-state index in [1.54, 1.807) is 0 Å². The number of para-hydroxylation sites is 2. The zero-order chi connectivity index (χ0) is 16.9. The third kappa shape index (κ3) is 3.78. The number of aryl methyl sites for hydroxylation is 2. The molecule has 1 aliphatic rings. The van der Waals surface area contributed by atoms with Gasteiger partial charge in [0.25, 0.3) is 0 Å². The molecule has 1 atom stereocenters. The Morgan fingerprint density at radius 2 is 1.92 bits per heavy atom. The van der Waals surface area contributed by atoms with Gasteiger partial charge < -0.3 is 9.64 Å². The zero-order valence-electron chi connectivity index (χ0n) is 14.5. The van der Waals surface area contributed by atoms with E-state index in [1.807, 2.05) is 29.2 Å². The predicted octanol–water partition coefficient (Wildman–Crippen LogP) is 4.52. The standard InChI is InChI=1S/C21H25NO2/c1-3-18-15-22(19-8-4-5-9-20(19)24-18)21(23)10-6-7-17-13-11-16(2)12-14-17/h4-5,8-9,11-14,18H,3,6-7,10,15H2,1-2H3. The summed E-state index contributed by atoms with van der Waals surface area (Å²) in [6.07, 6.45) is 3.37. The van der Waals surface area contributed by atoms with Gasteiger partial charge in [0.15, 0.2) is 0 Å². The van der Waals surface area contributed by atoms with E-state index in [9.17, 15) is 4.79 Å². The topological polar surface area (TPSA) is 29.5 Å². The van der Waals surface area contributed by atoms with Crippen molar-refractivity contribution in [1.82, 2.24) is 0 Å². The molecule has 1 heterocycles. The lowest BCUT2D eigenvalue weighted by atomic mass is 10.1. The molecule has 0 aliphatic carbocycles. The number of anilines is 1. The van der Waals surface area contributed by atoms with Crippen molar-refractivity contribution in [2.24, 2.45) is 0 Å². The molecule has 0 saturated heterocycles. The second-order valence-electron chi connectivity index (χ2n) is 6.46. The largest absolute Gasteiger partial charge is 0.486 e. The van der Waals surface area contributed by atoms with Gasteiger partial charge in [-0.25, -0.2) is 0 Å². The Morgan fingerprint density at radius 3 is 2.67 bits per heavy atom. The second kappa shape index (κ2) is 7.52. The molecular weight excluding hydrogens is 298 g/mol. The van der Waals surface area contributed by atoms with Crippen molar-refractivity contribution in [3.8, 4) is 5.75 Å². The normalized spacial score (nSPS) is 16.4. The maximum Gasteiger partial charge on any atom is 0.227 e. The zero-order valence-corrected chi connectivity index (χ0v) is 14.5. The minimum atomic E-state index is 0.0842. The molecule has 2 aromatic carbocycles. The molecule has 3 nitrogen and oxygen atoms in total. The van der Waals surface area contributed by atoms with Crippen molar-refractivity contribution in [3.63, 3.8) is 0 Å². The first-order valence-electron chi connectivity index (χ1n) is 8.79. The number of ether oxygens (including phenoxy) is 1. The van der Waals surface area contributed by atoms with Crippen LogP contribution >= 0.6 is 0 Å². The van der Waals surface area contributed by atoms with E-state index in [1.165, 1.54) is 11.1 Å². The molecule has 0 bridgehead atoms. The lowest BCUT2D eigenvalue weighted by Gasteiger charge is -2.34. The summed E-state index contributed by atoms with van der Waals surface area (Å²) in [5, 5.41) is 0. The van der Waals surface area contributed by atoms with Crippen molar-refractivity contribution >= 4 is 11.6 Å². The van der Waals surface area contributed by atoms with Crippen LogP contribution in [0.1, 0.15) is 37.3 Å². The average Bonchev–Trinajstić information content (AvgIpc) is 2.62. The molecule has 1 amide bonds. The molecule has 126 valence electrons. The lowest BCUT2D eigenvalue weighted by molar-refractivity contribution is -0.119. The highest BCUT2D eigenvalue weighted by Gasteiger charge is 2.28. The molecule has 1 unspecified atom stereocenters. The van der Waals surface area contributed by atoms with Crippen LogP contribution in [0.15, 0.2) is 48.5 Å². The van der Waals surface area contributed by atoms with Gasteiger partial charge in [0.05, 0.1) is 12.2 Å². The van der Waals surface area contributed by atoms with E-state index < -0.39 is 0 Å². The number of carbonyl (C=O) groups is 1. The number of hydrogen-bond acceptors (Lipinski definition) is 2. The van der Waals surface area contributed by atoms with Crippen molar-refractivity contribution in [2.75, 3.05) is 11.4 Å². The highest BCUT2D eigenvalue weighted by molar-refractivity contribution is 5.95. The summed E-state index contributed by atoms with van der Waals surface area (Å²) in [6, 6.07) is 16.4. The number of rotatable bonds is 5. The molecule has 0 fully saturated rings. The van der Waals surface area contributed by atoms with Crippen LogP contribution in [0.5, 0.6) is 5.75 Å². The third-order valence-corrected chi connectivity index (χ3v) is 4.57. The van der Waals surface area contributed by atoms with E-state index in [-0.39, 0.29) is 12.0 Å². The maximum absolute atomic E-state index is 12.7. The van der Waals surface area contributed by atoms with E-state index in [4.69, 9.17) is 4.74 Å². The molecular formula is C21H25NO2. The van der Waals surface area contributed by atoms with E-state index in [0.29, 0.717) is 13.0 Å². The Balaban J connectivity index is 1.62. The fourth-order valence-corrected chi connectivity index (χ4v) is 3.08. The first-order chi connectivity index (χ1) is 11.7. The van der Waals surface area contributed by atoms with Gasteiger partial charge >= 0.3 is 0 Å². The summed E-state index contributed by atoms with van der Waals surface area (Å²) in [4.78, 5) is 14.6. The summed E-state index contributed by atoms with van der Waals surface area (Å²) < 4.78 is 5.95. The van der Waals surface area contributed by atoms with Gasteiger partial charge in [0.2, 0.25) is 5.91 Å². The lowest BCUT2D eigenvalue weighted by Crippen LogP contribution is -2.43. The average molecular weight is 323 g/mol. The molecule has 3 heteroatoms. The highest BCUT2D eigenvalue weighted by atomic mass is 16.5. The Morgan fingerprint density at radius 1 is 1.17 bits per heavy atom. The third-order valence-electron chi connectivity index (χ3n) is 4.57. The Hall–Kier alpha value is -2.29. The van der Waals surface area contributed by atoms with Gasteiger partial charge in [0, 0.05) is 6.42 Å². The van der Waals surface area contributed by atoms with E-state index >= 15 is 0 Å². The minimum absolute atomic E-state index is 0.0842. The Kier molecular flexibility index (Phi) is 5.19. The molecule has 0 N–H and O–H groups in total. The number of hydrogen-bond donors (Lipinski definition) is 0. The number of carbonyl (C=O) groups excluding carboxylic acids is 1. The van der Waals surface area contributed by atoms with Crippen LogP contribution in [0.2, 0.25) is 0 Å². The van der Waals surface area contributed by atoms with E-state index in [0.717, 1.165) is 30.7 Å². The number of amides is 1. The molecule has 0 saturated carbocycles. The van der Waals surface area contributed by atoms with Gasteiger partial charge in [-0.15, -0.1) is 0 Å². The minimum Gasteiger partial charge on any atom is -0.486 e. The maximum atomic E-state index is 12.7. The van der Waals surface area contributed by atoms with E-state index in [2.05, 4.69) is 38.1 Å². The van der Waals surface area contributed by atoms with Crippen LogP contribution in [-0.2, 0) is 11.2 Å². The quantitative estimate of drug-likeness (QED) is 0.809. The van der Waals surface area contributed by atoms with Gasteiger partial charge in [0.1, 0.15) is 11.9 Å². The smallest absolute Gasteiger partial charge is 0.227 e. The predicted molar refractivity (Wildman–Crippen MR) is 97.6 cm³/mol. The number of benzene rings is 2. The Labute approximate surface area is 144 Å². The molecule has 2 aromatic rings. The van der Waals surface area contributed by atoms with Crippen LogP contribution in [0.3, 0.4) is 0 Å². The SMILES string of the molecule is CCC1CN(C(=O)CCCc2ccc(C)cc2)c2ccccc2O1. The monoisotopic (exact) mass is 323 g/mol. The summed E-state index contributed by atoms with van der Waals surface area (Å²) in [5.74, 6) is 1.01. The van der Waals surface area contributed by atoms with Crippen molar-refractivity contribution in [1.29, 1.82) is 0 Å². The van der Waals surface area contributed by atoms with Crippen LogP contribution < -0.4 is 9.64 Å². The Bertz CT molecular complexity index is 693. The summed E-state index contributed by atoms with van der Waals surface area (Å²) in [5.41, 5.74) is 3.47. The molecule has 3 rings (SSSR count). The van der Waals surface area contributed by atoms with Gasteiger partial charge in [-0.3, -0.25) is 4.79 Å². The van der Waals surface area contributed by atoms with Gasteiger partial charge in [-0.2, -0.15) is 0 Å². The first kappa shape index (κ1) is 16.6. The van der Waals surface area contributed by atoms with Gasteiger partial charge in [-0.1, -0.05) is 48.9 Å². The van der Waals surface area contributed by atoms with Crippen LogP contribution in [0.4, 0.5) is 5.69 Å². The summed E-state index contributed by atoms with van der Waals surface area (Å²) >= 11 is 0. The number of nitrogens with zero attached hydrogens (tertiary/aromatic N) is 1. The van der Waals surface area contributed by atoms with Crippen molar-refractivity contribution in [2.45, 2.75) is 45.6 Å². The second-order valence-corrected chi connectivity index (χ2v) is 6.46. The summed E-state index contributed by atoms with van der Waals surface area (Å²) in [6.45, 7) is 4.84. The highest BCUT2D eigenvalue weighted by Crippen LogP contribution is 2.34. The molecule has 24 heavy (non-hydrogen) atoms. The number of fused-ring (bicyclic) bond motifs is 1. The fraction of sp³-hybridized carbons (Fsp3) is 0.381. The van der Waals surface area contributed by atoms with Gasteiger partial charge in [-0.05, 0) is 43.9 Å². The molecule has 1 aliphatic heterocycles. The van der Waals surface area contributed by atoms with Crippen molar-refractivity contribution in [3.05, 3.63) is 59.7 Å². The molecule has 0 radical (unpaired) electrons.